The van der Waals surface area contributed by atoms with Gasteiger partial charge in [0, 0.05) is 5.25 Å². The summed E-state index contributed by atoms with van der Waals surface area (Å²) in [7, 11) is 1.76. The molecule has 0 aliphatic carbocycles. The third-order valence-corrected chi connectivity index (χ3v) is 3.78. The molecule has 1 saturated heterocycles. The summed E-state index contributed by atoms with van der Waals surface area (Å²) in [5, 5.41) is 12.4. The largest absolute Gasteiger partial charge is 0.271 e. The summed E-state index contributed by atoms with van der Waals surface area (Å²) in [4.78, 5) is 1.46. The van der Waals surface area contributed by atoms with Gasteiger partial charge in [-0.05, 0) is 23.8 Å². The van der Waals surface area contributed by atoms with Crippen LogP contribution in [-0.4, -0.2) is 31.2 Å². The minimum absolute atomic E-state index is 0.0243. The number of aryl methyl sites for hydroxylation is 1. The second-order valence-electron chi connectivity index (χ2n) is 3.33. The molecule has 0 aromatic carbocycles. The van der Waals surface area contributed by atoms with Gasteiger partial charge in [0.2, 0.25) is 0 Å². The molecule has 2 unspecified atom stereocenters. The highest BCUT2D eigenvalue weighted by Gasteiger charge is 2.29. The van der Waals surface area contributed by atoms with E-state index in [4.69, 9.17) is 5.84 Å². The molecule has 1 aromatic rings. The van der Waals surface area contributed by atoms with Gasteiger partial charge < -0.3 is 0 Å². The van der Waals surface area contributed by atoms with Gasteiger partial charge in [-0.2, -0.15) is 16.6 Å². The summed E-state index contributed by atoms with van der Waals surface area (Å²) in [6.45, 7) is 0. The Labute approximate surface area is 86.6 Å². The van der Waals surface area contributed by atoms with Crippen LogP contribution in [0.25, 0.3) is 0 Å². The van der Waals surface area contributed by atoms with Crippen molar-refractivity contribution in [2.45, 2.75) is 24.1 Å². The number of aromatic nitrogens is 4. The summed E-state index contributed by atoms with van der Waals surface area (Å²) in [6.07, 6.45) is 2.41. The highest BCUT2D eigenvalue weighted by atomic mass is 32.2. The Morgan fingerprint density at radius 3 is 3.07 bits per heavy atom. The number of nitrogens with zero attached hydrogens (tertiary/aromatic N) is 4. The molecule has 1 aliphatic rings. The van der Waals surface area contributed by atoms with Crippen molar-refractivity contribution in [2.24, 2.45) is 12.9 Å². The van der Waals surface area contributed by atoms with E-state index in [0.29, 0.717) is 11.1 Å². The van der Waals surface area contributed by atoms with E-state index < -0.39 is 0 Å². The Kier molecular flexibility index (Phi) is 2.99. The Hall–Kier alpha value is -0.660. The van der Waals surface area contributed by atoms with Crippen molar-refractivity contribution in [3.63, 3.8) is 0 Å². The summed E-state index contributed by atoms with van der Waals surface area (Å²) < 4.78 is 0. The molecule has 2 atom stereocenters. The molecule has 0 saturated carbocycles. The van der Waals surface area contributed by atoms with Crippen molar-refractivity contribution in [3.8, 4) is 0 Å². The summed E-state index contributed by atoms with van der Waals surface area (Å²) >= 11 is 1.92. The number of hydrogen-bond acceptors (Lipinski definition) is 6. The quantitative estimate of drug-likeness (QED) is 0.527. The maximum atomic E-state index is 5.51. The Morgan fingerprint density at radius 2 is 2.57 bits per heavy atom. The molecule has 0 amide bonds. The molecule has 14 heavy (non-hydrogen) atoms. The monoisotopic (exact) mass is 214 g/mol. The van der Waals surface area contributed by atoms with Crippen LogP contribution in [-0.2, 0) is 7.05 Å². The maximum Gasteiger partial charge on any atom is 0.194 e. The molecule has 2 rings (SSSR count). The molecule has 78 valence electrons. The molecule has 1 aliphatic heterocycles. The van der Waals surface area contributed by atoms with E-state index in [2.05, 4.69) is 20.8 Å². The van der Waals surface area contributed by atoms with Crippen molar-refractivity contribution in [1.29, 1.82) is 0 Å². The normalized spacial score (nSPS) is 24.0. The van der Waals surface area contributed by atoms with E-state index in [-0.39, 0.29) is 6.04 Å². The third kappa shape index (κ3) is 1.89. The van der Waals surface area contributed by atoms with Crippen LogP contribution in [0.3, 0.4) is 0 Å². The molecule has 0 spiro atoms. The average molecular weight is 214 g/mol. The van der Waals surface area contributed by atoms with Gasteiger partial charge >= 0.3 is 0 Å². The predicted octanol–water partition coefficient (Wildman–Crippen LogP) is -0.390. The first-order valence-corrected chi connectivity index (χ1v) is 5.68. The Balaban J connectivity index is 2.12. The summed E-state index contributed by atoms with van der Waals surface area (Å²) in [5.41, 5.74) is 2.77. The van der Waals surface area contributed by atoms with E-state index in [1.54, 1.807) is 7.05 Å². The first-order chi connectivity index (χ1) is 6.81. The van der Waals surface area contributed by atoms with Crippen LogP contribution in [0.5, 0.6) is 0 Å². The molecule has 1 aromatic heterocycles. The third-order valence-electron chi connectivity index (χ3n) is 2.32. The molecule has 2 heterocycles. The van der Waals surface area contributed by atoms with Crippen molar-refractivity contribution < 1.29 is 0 Å². The predicted molar refractivity (Wildman–Crippen MR) is 54.3 cm³/mol. The molecule has 0 radical (unpaired) electrons. The zero-order valence-corrected chi connectivity index (χ0v) is 8.87. The van der Waals surface area contributed by atoms with Crippen LogP contribution in [0, 0.1) is 0 Å². The van der Waals surface area contributed by atoms with E-state index >= 15 is 0 Å². The van der Waals surface area contributed by atoms with Gasteiger partial charge in [-0.3, -0.25) is 5.84 Å². The van der Waals surface area contributed by atoms with Gasteiger partial charge in [0.05, 0.1) is 13.1 Å². The summed E-state index contributed by atoms with van der Waals surface area (Å²) in [6, 6.07) is 0.0243. The standard InChI is InChI=1S/C7H14N6S/c1-13-11-7(10-12-13)6(9-8)5-3-2-4-14-5/h5-6,9H,2-4,8H2,1H3. The lowest BCUT2D eigenvalue weighted by Crippen LogP contribution is -2.35. The summed E-state index contributed by atoms with van der Waals surface area (Å²) in [5.74, 6) is 7.40. The fourth-order valence-electron chi connectivity index (χ4n) is 1.64. The van der Waals surface area contributed by atoms with Crippen LogP contribution in [0.15, 0.2) is 0 Å². The highest BCUT2D eigenvalue weighted by molar-refractivity contribution is 8.00. The first-order valence-electron chi connectivity index (χ1n) is 4.63. The number of thioether (sulfide) groups is 1. The van der Waals surface area contributed by atoms with Gasteiger partial charge in [0.15, 0.2) is 5.82 Å². The van der Waals surface area contributed by atoms with Crippen LogP contribution in [0.1, 0.15) is 24.7 Å². The number of hydrogen-bond donors (Lipinski definition) is 2. The number of hydrazine groups is 1. The number of tetrazole rings is 1. The van der Waals surface area contributed by atoms with Crippen LogP contribution in [0.2, 0.25) is 0 Å². The van der Waals surface area contributed by atoms with Gasteiger partial charge in [-0.25, -0.2) is 5.43 Å². The molecule has 7 heteroatoms. The minimum atomic E-state index is 0.0243. The van der Waals surface area contributed by atoms with Crippen LogP contribution < -0.4 is 11.3 Å². The fraction of sp³-hybridized carbons (Fsp3) is 0.857. The second kappa shape index (κ2) is 4.24. The lowest BCUT2D eigenvalue weighted by atomic mass is 10.1. The maximum absolute atomic E-state index is 5.51. The molecule has 0 bridgehead atoms. The van der Waals surface area contributed by atoms with E-state index in [1.807, 2.05) is 11.8 Å². The van der Waals surface area contributed by atoms with E-state index in [0.717, 1.165) is 6.42 Å². The topological polar surface area (TPSA) is 81.7 Å². The second-order valence-corrected chi connectivity index (χ2v) is 4.68. The average Bonchev–Trinajstić information content (AvgIpc) is 2.79. The smallest absolute Gasteiger partial charge is 0.194 e. The van der Waals surface area contributed by atoms with Crippen molar-refractivity contribution in [3.05, 3.63) is 5.82 Å². The van der Waals surface area contributed by atoms with E-state index in [1.165, 1.54) is 17.0 Å². The van der Waals surface area contributed by atoms with Gasteiger partial charge in [0.25, 0.3) is 0 Å². The molecular formula is C7H14N6S. The number of nitrogens with two attached hydrogens (primary N) is 1. The Bertz CT molecular complexity index is 294. The van der Waals surface area contributed by atoms with Gasteiger partial charge in [-0.15, -0.1) is 10.2 Å². The zero-order chi connectivity index (χ0) is 9.97. The SMILES string of the molecule is Cn1nnc(C(NN)C2CCCS2)n1. The van der Waals surface area contributed by atoms with Crippen molar-refractivity contribution in [1.82, 2.24) is 25.6 Å². The number of rotatable bonds is 3. The lowest BCUT2D eigenvalue weighted by Gasteiger charge is -2.17. The lowest BCUT2D eigenvalue weighted by molar-refractivity contribution is 0.492. The molecule has 1 fully saturated rings. The highest BCUT2D eigenvalue weighted by Crippen LogP contribution is 2.34. The van der Waals surface area contributed by atoms with Crippen LogP contribution >= 0.6 is 11.8 Å². The number of nitrogens with one attached hydrogen (secondary N) is 1. The molecule has 6 nitrogen and oxygen atoms in total. The molecular weight excluding hydrogens is 200 g/mol. The molecule has 3 N–H and O–H groups in total. The van der Waals surface area contributed by atoms with E-state index in [9.17, 15) is 0 Å². The van der Waals surface area contributed by atoms with Crippen molar-refractivity contribution >= 4 is 11.8 Å². The minimum Gasteiger partial charge on any atom is -0.271 e. The van der Waals surface area contributed by atoms with Crippen molar-refractivity contribution in [2.75, 3.05) is 5.75 Å². The first kappa shape index (κ1) is 9.88. The Morgan fingerprint density at radius 1 is 1.71 bits per heavy atom. The van der Waals surface area contributed by atoms with Crippen LogP contribution in [0.4, 0.5) is 0 Å². The zero-order valence-electron chi connectivity index (χ0n) is 8.05. The van der Waals surface area contributed by atoms with Gasteiger partial charge in [-0.1, -0.05) is 0 Å². The fourth-order valence-corrected chi connectivity index (χ4v) is 3.00. The van der Waals surface area contributed by atoms with Gasteiger partial charge in [0.1, 0.15) is 0 Å².